The van der Waals surface area contributed by atoms with Gasteiger partial charge >= 0.3 is 0 Å². The van der Waals surface area contributed by atoms with Gasteiger partial charge in [-0.25, -0.2) is 0 Å². The van der Waals surface area contributed by atoms with Crippen molar-refractivity contribution < 1.29 is 4.79 Å². The number of thiophene rings is 1. The molecule has 1 aromatic carbocycles. The van der Waals surface area contributed by atoms with Gasteiger partial charge in [0.25, 0.3) is 0 Å². The van der Waals surface area contributed by atoms with Gasteiger partial charge in [-0.05, 0) is 49.8 Å². The molecule has 3 aromatic rings. The molecule has 27 heavy (non-hydrogen) atoms. The Kier molecular flexibility index (Phi) is 5.31. The van der Waals surface area contributed by atoms with Gasteiger partial charge in [-0.15, -0.1) is 21.5 Å². The van der Waals surface area contributed by atoms with Gasteiger partial charge in [-0.3, -0.25) is 4.79 Å². The van der Waals surface area contributed by atoms with E-state index in [0.29, 0.717) is 5.75 Å². The zero-order valence-corrected chi connectivity index (χ0v) is 17.1. The summed E-state index contributed by atoms with van der Waals surface area (Å²) in [5.41, 5.74) is 2.31. The molecule has 0 saturated heterocycles. The summed E-state index contributed by atoms with van der Waals surface area (Å²) in [6, 6.07) is 12.5. The van der Waals surface area contributed by atoms with Crippen LogP contribution in [-0.4, -0.2) is 32.5 Å². The van der Waals surface area contributed by atoms with Gasteiger partial charge in [0.05, 0.1) is 10.6 Å². The van der Waals surface area contributed by atoms with E-state index >= 15 is 0 Å². The highest BCUT2D eigenvalue weighted by molar-refractivity contribution is 7.99. The third-order valence-corrected chi connectivity index (χ3v) is 6.71. The summed E-state index contributed by atoms with van der Waals surface area (Å²) in [6.45, 7) is 4.98. The van der Waals surface area contributed by atoms with Crippen LogP contribution in [0.4, 0.5) is 5.69 Å². The van der Waals surface area contributed by atoms with E-state index in [1.165, 1.54) is 17.3 Å². The van der Waals surface area contributed by atoms with Crippen LogP contribution in [0.15, 0.2) is 46.9 Å². The number of hydrogen-bond donors (Lipinski definition) is 0. The average Bonchev–Trinajstić information content (AvgIpc) is 3.35. The summed E-state index contributed by atoms with van der Waals surface area (Å²) in [6.07, 6.45) is 2.03. The smallest absolute Gasteiger partial charge is 0.237 e. The van der Waals surface area contributed by atoms with Crippen LogP contribution in [0.25, 0.3) is 10.7 Å². The van der Waals surface area contributed by atoms with Crippen molar-refractivity contribution in [1.82, 2.24) is 14.8 Å². The van der Waals surface area contributed by atoms with Crippen LogP contribution in [0, 0.1) is 0 Å². The van der Waals surface area contributed by atoms with Crippen LogP contribution >= 0.6 is 23.1 Å². The first kappa shape index (κ1) is 18.3. The highest BCUT2D eigenvalue weighted by Gasteiger charge is 2.28. The molecule has 1 aliphatic heterocycles. The molecule has 3 heterocycles. The number of thioether (sulfide) groups is 1. The van der Waals surface area contributed by atoms with Crippen molar-refractivity contribution in [2.45, 2.75) is 44.4 Å². The number of aryl methyl sites for hydroxylation is 1. The number of nitrogens with zero attached hydrogens (tertiary/aromatic N) is 4. The minimum Gasteiger partial charge on any atom is -0.309 e. The first-order valence-electron chi connectivity index (χ1n) is 9.19. The Morgan fingerprint density at radius 3 is 2.89 bits per heavy atom. The Bertz CT molecular complexity index is 935. The standard InChI is InChI=1S/C20H22N4OS2/c1-3-23-19(17-9-6-12-26-17)21-22-20(23)27-13-18(25)24-14(2)10-11-15-7-4-5-8-16(15)24/h4-9,12,14H,3,10-11,13H2,1-2H3. The fourth-order valence-electron chi connectivity index (χ4n) is 3.53. The summed E-state index contributed by atoms with van der Waals surface area (Å²) in [7, 11) is 0. The van der Waals surface area contributed by atoms with E-state index < -0.39 is 0 Å². The third-order valence-electron chi connectivity index (χ3n) is 4.89. The minimum atomic E-state index is 0.128. The lowest BCUT2D eigenvalue weighted by Crippen LogP contribution is -2.43. The fraction of sp³-hybridized carbons (Fsp3) is 0.350. The first-order valence-corrected chi connectivity index (χ1v) is 11.1. The van der Waals surface area contributed by atoms with Crippen molar-refractivity contribution in [3.8, 4) is 10.7 Å². The van der Waals surface area contributed by atoms with Crippen LogP contribution in [0.5, 0.6) is 0 Å². The Labute approximate surface area is 167 Å². The summed E-state index contributed by atoms with van der Waals surface area (Å²) < 4.78 is 2.08. The lowest BCUT2D eigenvalue weighted by atomic mass is 9.97. The predicted octanol–water partition coefficient (Wildman–Crippen LogP) is 4.49. The van der Waals surface area contributed by atoms with Crippen molar-refractivity contribution in [3.05, 3.63) is 47.3 Å². The van der Waals surface area contributed by atoms with Crippen molar-refractivity contribution in [2.24, 2.45) is 0 Å². The summed E-state index contributed by atoms with van der Waals surface area (Å²) >= 11 is 3.12. The number of fused-ring (bicyclic) bond motifs is 1. The van der Waals surface area contributed by atoms with E-state index in [-0.39, 0.29) is 11.9 Å². The van der Waals surface area contributed by atoms with Crippen LogP contribution in [0.1, 0.15) is 25.8 Å². The molecule has 0 N–H and O–H groups in total. The van der Waals surface area contributed by atoms with Gasteiger partial charge in [0.1, 0.15) is 0 Å². The monoisotopic (exact) mass is 398 g/mol. The van der Waals surface area contributed by atoms with Crippen molar-refractivity contribution in [1.29, 1.82) is 0 Å². The number of benzene rings is 1. The van der Waals surface area contributed by atoms with Crippen LogP contribution in [0.2, 0.25) is 0 Å². The maximum Gasteiger partial charge on any atom is 0.237 e. The maximum atomic E-state index is 13.0. The zero-order chi connectivity index (χ0) is 18.8. The molecule has 1 unspecified atom stereocenters. The predicted molar refractivity (Wildman–Crippen MR) is 111 cm³/mol. The maximum absolute atomic E-state index is 13.0. The second kappa shape index (κ2) is 7.86. The summed E-state index contributed by atoms with van der Waals surface area (Å²) in [5, 5.41) is 11.5. The Morgan fingerprint density at radius 2 is 2.11 bits per heavy atom. The number of aromatic nitrogens is 3. The molecule has 1 aliphatic rings. The number of hydrogen-bond acceptors (Lipinski definition) is 5. The van der Waals surface area contributed by atoms with E-state index in [0.717, 1.165) is 40.9 Å². The number of rotatable bonds is 5. The Balaban J connectivity index is 1.52. The molecular formula is C20H22N4OS2. The molecule has 4 rings (SSSR count). The van der Waals surface area contributed by atoms with Crippen molar-refractivity contribution in [3.63, 3.8) is 0 Å². The zero-order valence-electron chi connectivity index (χ0n) is 15.5. The fourth-order valence-corrected chi connectivity index (χ4v) is 5.11. The molecule has 0 aliphatic carbocycles. The second-order valence-electron chi connectivity index (χ2n) is 6.60. The minimum absolute atomic E-state index is 0.128. The average molecular weight is 399 g/mol. The number of carbonyl (C=O) groups excluding carboxylic acids is 1. The number of amides is 1. The lowest BCUT2D eigenvalue weighted by Gasteiger charge is -2.35. The van der Waals surface area contributed by atoms with Gasteiger partial charge in [-0.2, -0.15) is 0 Å². The summed E-state index contributed by atoms with van der Waals surface area (Å²) in [4.78, 5) is 16.1. The van der Waals surface area contributed by atoms with Gasteiger partial charge in [0, 0.05) is 18.3 Å². The van der Waals surface area contributed by atoms with Gasteiger partial charge < -0.3 is 9.47 Å². The van der Waals surface area contributed by atoms with Crippen molar-refractivity contribution >= 4 is 34.7 Å². The third kappa shape index (κ3) is 3.53. The largest absolute Gasteiger partial charge is 0.309 e. The highest BCUT2D eigenvalue weighted by Crippen LogP contribution is 2.32. The van der Waals surface area contributed by atoms with Crippen LogP contribution in [-0.2, 0) is 17.8 Å². The molecule has 0 bridgehead atoms. The number of para-hydroxylation sites is 1. The molecule has 2 aromatic heterocycles. The first-order chi connectivity index (χ1) is 13.2. The normalized spacial score (nSPS) is 16.4. The topological polar surface area (TPSA) is 51.0 Å². The quantitative estimate of drug-likeness (QED) is 0.594. The molecule has 0 fully saturated rings. The van der Waals surface area contributed by atoms with E-state index in [1.807, 2.05) is 34.5 Å². The van der Waals surface area contributed by atoms with Gasteiger partial charge in [0.15, 0.2) is 11.0 Å². The molecule has 0 radical (unpaired) electrons. The molecule has 0 spiro atoms. The van der Waals surface area contributed by atoms with E-state index in [2.05, 4.69) is 40.7 Å². The van der Waals surface area contributed by atoms with Crippen LogP contribution < -0.4 is 4.90 Å². The van der Waals surface area contributed by atoms with E-state index in [1.54, 1.807) is 11.3 Å². The molecule has 140 valence electrons. The van der Waals surface area contributed by atoms with E-state index in [4.69, 9.17) is 0 Å². The molecule has 7 heteroatoms. The van der Waals surface area contributed by atoms with Gasteiger partial charge in [0.2, 0.25) is 5.91 Å². The molecule has 5 nitrogen and oxygen atoms in total. The highest BCUT2D eigenvalue weighted by atomic mass is 32.2. The number of carbonyl (C=O) groups is 1. The molecule has 1 atom stereocenters. The summed E-state index contributed by atoms with van der Waals surface area (Å²) in [5.74, 6) is 1.36. The van der Waals surface area contributed by atoms with Crippen molar-refractivity contribution in [2.75, 3.05) is 10.7 Å². The van der Waals surface area contributed by atoms with Gasteiger partial charge in [-0.1, -0.05) is 36.0 Å². The molecule has 1 amide bonds. The Hall–Kier alpha value is -2.12. The van der Waals surface area contributed by atoms with Crippen LogP contribution in [0.3, 0.4) is 0 Å². The lowest BCUT2D eigenvalue weighted by molar-refractivity contribution is -0.116. The van der Waals surface area contributed by atoms with E-state index in [9.17, 15) is 4.79 Å². The Morgan fingerprint density at radius 1 is 1.26 bits per heavy atom. The molecular weight excluding hydrogens is 376 g/mol. The number of anilines is 1. The molecule has 0 saturated carbocycles. The SMILES string of the molecule is CCn1c(SCC(=O)N2c3ccccc3CCC2C)nnc1-c1cccs1. The second-order valence-corrected chi connectivity index (χ2v) is 8.49.